The first kappa shape index (κ1) is 20.7. The van der Waals surface area contributed by atoms with Gasteiger partial charge < -0.3 is 20.0 Å². The number of rotatable bonds is 5. The van der Waals surface area contributed by atoms with Crippen LogP contribution >= 0.6 is 0 Å². The number of benzene rings is 2. The van der Waals surface area contributed by atoms with E-state index in [9.17, 15) is 9.59 Å². The lowest BCUT2D eigenvalue weighted by atomic mass is 10.0. The Morgan fingerprint density at radius 3 is 2.45 bits per heavy atom. The number of para-hydroxylation sites is 1. The van der Waals surface area contributed by atoms with Crippen molar-refractivity contribution in [2.75, 3.05) is 18.4 Å². The Kier molecular flexibility index (Phi) is 6.07. The van der Waals surface area contributed by atoms with Crippen molar-refractivity contribution in [1.82, 2.24) is 10.2 Å². The molecule has 2 heterocycles. The molecule has 1 aromatic heterocycles. The number of carbonyl (C=O) groups is 2. The van der Waals surface area contributed by atoms with E-state index in [4.69, 9.17) is 4.42 Å². The third-order valence-electron chi connectivity index (χ3n) is 5.93. The van der Waals surface area contributed by atoms with E-state index in [1.54, 1.807) is 6.07 Å². The van der Waals surface area contributed by atoms with Gasteiger partial charge in [0.25, 0.3) is 11.8 Å². The maximum absolute atomic E-state index is 13.0. The molecule has 1 saturated heterocycles. The van der Waals surface area contributed by atoms with Crippen LogP contribution in [0.1, 0.15) is 44.7 Å². The summed E-state index contributed by atoms with van der Waals surface area (Å²) in [5.74, 6) is -0.130. The number of aryl methyl sites for hydroxylation is 1. The number of anilines is 2. The fraction of sp³-hybridized carbons (Fsp3) is 0.280. The van der Waals surface area contributed by atoms with Crippen molar-refractivity contribution < 1.29 is 14.0 Å². The number of furan rings is 1. The molecule has 0 aliphatic carbocycles. The van der Waals surface area contributed by atoms with Crippen molar-refractivity contribution in [3.05, 3.63) is 83.3 Å². The minimum Gasteiger partial charge on any atom is -0.472 e. The third kappa shape index (κ3) is 4.63. The Labute approximate surface area is 182 Å². The summed E-state index contributed by atoms with van der Waals surface area (Å²) >= 11 is 0. The summed E-state index contributed by atoms with van der Waals surface area (Å²) in [5, 5.41) is 6.56. The van der Waals surface area contributed by atoms with Crippen LogP contribution in [0.3, 0.4) is 0 Å². The molecule has 1 aliphatic rings. The number of amides is 2. The van der Waals surface area contributed by atoms with Crippen LogP contribution in [0.15, 0.2) is 65.5 Å². The number of carbonyl (C=O) groups excluding carboxylic acids is 2. The number of likely N-dealkylation sites (tertiary alicyclic amines) is 1. The SMILES string of the molecule is Cc1cccc(Nc2ccccc2C(=O)NC2CCN(C(=O)c3ccoc3)CC2)c1C. The van der Waals surface area contributed by atoms with Crippen molar-refractivity contribution >= 4 is 23.2 Å². The molecule has 0 spiro atoms. The van der Waals surface area contributed by atoms with E-state index in [-0.39, 0.29) is 17.9 Å². The molecule has 2 aromatic carbocycles. The fourth-order valence-electron chi connectivity index (χ4n) is 3.88. The summed E-state index contributed by atoms with van der Waals surface area (Å²) < 4.78 is 5.01. The Morgan fingerprint density at radius 1 is 0.968 bits per heavy atom. The second-order valence-electron chi connectivity index (χ2n) is 7.97. The van der Waals surface area contributed by atoms with Gasteiger partial charge in [-0.15, -0.1) is 0 Å². The summed E-state index contributed by atoms with van der Waals surface area (Å²) in [5.41, 5.74) is 5.30. The van der Waals surface area contributed by atoms with E-state index in [1.165, 1.54) is 18.1 Å². The summed E-state index contributed by atoms with van der Waals surface area (Å²) in [4.78, 5) is 27.3. The zero-order valence-electron chi connectivity index (χ0n) is 17.9. The van der Waals surface area contributed by atoms with E-state index in [0.29, 0.717) is 24.2 Å². The van der Waals surface area contributed by atoms with Crippen LogP contribution in [0.5, 0.6) is 0 Å². The molecule has 1 fully saturated rings. The Bertz CT molecular complexity index is 1070. The number of hydrogen-bond acceptors (Lipinski definition) is 4. The number of piperidine rings is 1. The number of hydrogen-bond donors (Lipinski definition) is 2. The number of nitrogens with one attached hydrogen (secondary N) is 2. The zero-order valence-corrected chi connectivity index (χ0v) is 17.9. The first-order valence-corrected chi connectivity index (χ1v) is 10.6. The molecule has 0 atom stereocenters. The molecule has 1 aliphatic heterocycles. The van der Waals surface area contributed by atoms with Crippen molar-refractivity contribution in [2.24, 2.45) is 0 Å². The van der Waals surface area contributed by atoms with Crippen molar-refractivity contribution in [1.29, 1.82) is 0 Å². The molecule has 0 saturated carbocycles. The van der Waals surface area contributed by atoms with Crippen LogP contribution in [-0.2, 0) is 0 Å². The van der Waals surface area contributed by atoms with Crippen LogP contribution in [0, 0.1) is 13.8 Å². The molecule has 3 aromatic rings. The fourth-order valence-corrected chi connectivity index (χ4v) is 3.88. The summed E-state index contributed by atoms with van der Waals surface area (Å²) in [7, 11) is 0. The molecule has 0 radical (unpaired) electrons. The van der Waals surface area contributed by atoms with Gasteiger partial charge in [0.1, 0.15) is 6.26 Å². The van der Waals surface area contributed by atoms with Crippen LogP contribution in [-0.4, -0.2) is 35.8 Å². The first-order chi connectivity index (χ1) is 15.0. The first-order valence-electron chi connectivity index (χ1n) is 10.6. The second kappa shape index (κ2) is 9.08. The lowest BCUT2D eigenvalue weighted by Gasteiger charge is -2.32. The van der Waals surface area contributed by atoms with E-state index >= 15 is 0 Å². The summed E-state index contributed by atoms with van der Waals surface area (Å²) in [6, 6.07) is 15.4. The Balaban J connectivity index is 1.39. The molecule has 0 bridgehead atoms. The second-order valence-corrected chi connectivity index (χ2v) is 7.97. The van der Waals surface area contributed by atoms with Gasteiger partial charge in [0.15, 0.2) is 0 Å². The molecule has 6 heteroatoms. The smallest absolute Gasteiger partial charge is 0.257 e. The summed E-state index contributed by atoms with van der Waals surface area (Å²) in [6.45, 7) is 5.36. The van der Waals surface area contributed by atoms with Gasteiger partial charge in [-0.25, -0.2) is 0 Å². The van der Waals surface area contributed by atoms with Crippen LogP contribution in [0.4, 0.5) is 11.4 Å². The quantitative estimate of drug-likeness (QED) is 0.632. The van der Waals surface area contributed by atoms with Crippen LogP contribution < -0.4 is 10.6 Å². The van der Waals surface area contributed by atoms with Gasteiger partial charge >= 0.3 is 0 Å². The van der Waals surface area contributed by atoms with E-state index < -0.39 is 0 Å². The Morgan fingerprint density at radius 2 is 1.71 bits per heavy atom. The van der Waals surface area contributed by atoms with Gasteiger partial charge in [-0.05, 0) is 62.1 Å². The molecule has 2 N–H and O–H groups in total. The van der Waals surface area contributed by atoms with Gasteiger partial charge in [0.2, 0.25) is 0 Å². The van der Waals surface area contributed by atoms with Gasteiger partial charge in [-0.2, -0.15) is 0 Å². The van der Waals surface area contributed by atoms with Gasteiger partial charge in [0.05, 0.1) is 23.1 Å². The number of nitrogens with zero attached hydrogens (tertiary/aromatic N) is 1. The average molecular weight is 418 g/mol. The predicted molar refractivity (Wildman–Crippen MR) is 121 cm³/mol. The van der Waals surface area contributed by atoms with Gasteiger partial charge in [-0.1, -0.05) is 24.3 Å². The lowest BCUT2D eigenvalue weighted by Crippen LogP contribution is -2.46. The van der Waals surface area contributed by atoms with E-state index in [0.717, 1.165) is 29.8 Å². The lowest BCUT2D eigenvalue weighted by molar-refractivity contribution is 0.0697. The van der Waals surface area contributed by atoms with Crippen molar-refractivity contribution in [3.8, 4) is 0 Å². The molecular formula is C25H27N3O3. The Hall–Kier alpha value is -3.54. The van der Waals surface area contributed by atoms with E-state index in [1.807, 2.05) is 41.3 Å². The molecular weight excluding hydrogens is 390 g/mol. The topological polar surface area (TPSA) is 74.6 Å². The third-order valence-corrected chi connectivity index (χ3v) is 5.93. The molecule has 31 heavy (non-hydrogen) atoms. The highest BCUT2D eigenvalue weighted by Gasteiger charge is 2.26. The molecule has 0 unspecified atom stereocenters. The zero-order chi connectivity index (χ0) is 21.8. The normalized spacial score (nSPS) is 14.3. The molecule has 6 nitrogen and oxygen atoms in total. The summed E-state index contributed by atoms with van der Waals surface area (Å²) in [6.07, 6.45) is 4.42. The molecule has 4 rings (SSSR count). The van der Waals surface area contributed by atoms with Crippen LogP contribution in [0.2, 0.25) is 0 Å². The largest absolute Gasteiger partial charge is 0.472 e. The van der Waals surface area contributed by atoms with E-state index in [2.05, 4.69) is 30.5 Å². The molecule has 160 valence electrons. The minimum atomic E-state index is -0.104. The van der Waals surface area contributed by atoms with Crippen molar-refractivity contribution in [2.45, 2.75) is 32.7 Å². The molecule has 2 amide bonds. The highest BCUT2D eigenvalue weighted by molar-refractivity contribution is 6.00. The highest BCUT2D eigenvalue weighted by atomic mass is 16.3. The maximum Gasteiger partial charge on any atom is 0.257 e. The average Bonchev–Trinajstić information content (AvgIpc) is 3.32. The van der Waals surface area contributed by atoms with Crippen molar-refractivity contribution in [3.63, 3.8) is 0 Å². The van der Waals surface area contributed by atoms with Crippen LogP contribution in [0.25, 0.3) is 0 Å². The van der Waals surface area contributed by atoms with Gasteiger partial charge in [0, 0.05) is 24.8 Å². The minimum absolute atomic E-state index is 0.0263. The van der Waals surface area contributed by atoms with Gasteiger partial charge in [-0.3, -0.25) is 9.59 Å². The maximum atomic E-state index is 13.0. The standard InChI is InChI=1S/C25H27N3O3/c1-17-6-5-9-22(18(17)2)27-23-8-4-3-7-21(23)24(29)26-20-10-13-28(14-11-20)25(30)19-12-15-31-16-19/h3-9,12,15-16,20,27H,10-11,13-14H2,1-2H3,(H,26,29). The predicted octanol–water partition coefficient (Wildman–Crippen LogP) is 4.67. The highest BCUT2D eigenvalue weighted by Crippen LogP contribution is 2.25. The monoisotopic (exact) mass is 417 g/mol.